The van der Waals surface area contributed by atoms with E-state index in [9.17, 15) is 9.18 Å². The highest BCUT2D eigenvalue weighted by Crippen LogP contribution is 2.17. The van der Waals surface area contributed by atoms with Crippen LogP contribution in [0.2, 0.25) is 0 Å². The van der Waals surface area contributed by atoms with E-state index in [4.69, 9.17) is 0 Å². The second-order valence-electron chi connectivity index (χ2n) is 4.65. The highest BCUT2D eigenvalue weighted by molar-refractivity contribution is 6.06. The van der Waals surface area contributed by atoms with Crippen LogP contribution in [0.5, 0.6) is 0 Å². The predicted octanol–water partition coefficient (Wildman–Crippen LogP) is 3.33. The smallest absolute Gasteiger partial charge is 0.257 e. The Kier molecular flexibility index (Phi) is 3.31. The number of rotatable bonds is 2. The maximum Gasteiger partial charge on any atom is 0.257 e. The molecule has 2 aromatic heterocycles. The molecule has 0 spiro atoms. The van der Waals surface area contributed by atoms with Crippen LogP contribution in [-0.4, -0.2) is 15.9 Å². The summed E-state index contributed by atoms with van der Waals surface area (Å²) in [6.07, 6.45) is 3.31. The van der Waals surface area contributed by atoms with Crippen molar-refractivity contribution in [2.75, 3.05) is 5.32 Å². The molecule has 4 nitrogen and oxygen atoms in total. The predicted molar refractivity (Wildman–Crippen MR) is 78.6 cm³/mol. The number of carbonyl (C=O) groups excluding carboxylic acids is 1. The van der Waals surface area contributed by atoms with Crippen LogP contribution in [0.25, 0.3) is 10.9 Å². The third-order valence-electron chi connectivity index (χ3n) is 3.13. The van der Waals surface area contributed by atoms with Crippen molar-refractivity contribution in [2.45, 2.75) is 6.92 Å². The molecule has 0 saturated heterocycles. The molecular formula is C16H12FN3O. The molecule has 1 amide bonds. The number of carbonyl (C=O) groups is 1. The molecule has 0 unspecified atom stereocenters. The van der Waals surface area contributed by atoms with E-state index in [1.807, 2.05) is 0 Å². The van der Waals surface area contributed by atoms with Crippen LogP contribution in [0.3, 0.4) is 0 Å². The first-order valence-corrected chi connectivity index (χ1v) is 6.42. The zero-order valence-corrected chi connectivity index (χ0v) is 11.3. The molecule has 104 valence electrons. The Morgan fingerprint density at radius 3 is 2.90 bits per heavy atom. The average molecular weight is 281 g/mol. The molecule has 0 aliphatic rings. The molecule has 0 radical (unpaired) electrons. The molecule has 21 heavy (non-hydrogen) atoms. The second-order valence-corrected chi connectivity index (χ2v) is 4.65. The number of anilines is 1. The Morgan fingerprint density at radius 2 is 2.10 bits per heavy atom. The van der Waals surface area contributed by atoms with Gasteiger partial charge in [0.2, 0.25) is 0 Å². The van der Waals surface area contributed by atoms with Crippen LogP contribution in [0.4, 0.5) is 10.1 Å². The number of fused-ring (bicyclic) bond motifs is 1. The van der Waals surface area contributed by atoms with Crippen LogP contribution >= 0.6 is 0 Å². The number of nitrogens with zero attached hydrogens (tertiary/aromatic N) is 2. The van der Waals surface area contributed by atoms with Crippen LogP contribution in [0.15, 0.2) is 48.8 Å². The molecule has 1 aromatic carbocycles. The number of nitrogens with one attached hydrogen (secondary N) is 1. The third-order valence-corrected chi connectivity index (χ3v) is 3.13. The number of benzene rings is 1. The minimum absolute atomic E-state index is 0.323. The molecule has 0 saturated carbocycles. The van der Waals surface area contributed by atoms with E-state index in [1.54, 1.807) is 43.6 Å². The fourth-order valence-electron chi connectivity index (χ4n) is 2.11. The zero-order valence-electron chi connectivity index (χ0n) is 11.3. The van der Waals surface area contributed by atoms with Gasteiger partial charge < -0.3 is 5.32 Å². The number of hydrogen-bond acceptors (Lipinski definition) is 3. The number of amides is 1. The molecule has 0 atom stereocenters. The molecule has 0 bridgehead atoms. The largest absolute Gasteiger partial charge is 0.322 e. The van der Waals surface area contributed by atoms with E-state index in [2.05, 4.69) is 15.3 Å². The van der Waals surface area contributed by atoms with Crippen molar-refractivity contribution in [3.63, 3.8) is 0 Å². The summed E-state index contributed by atoms with van der Waals surface area (Å²) in [4.78, 5) is 20.7. The average Bonchev–Trinajstić information content (AvgIpc) is 2.46. The molecule has 3 aromatic rings. The van der Waals surface area contributed by atoms with Crippen molar-refractivity contribution >= 4 is 22.5 Å². The summed E-state index contributed by atoms with van der Waals surface area (Å²) >= 11 is 0. The molecule has 2 heterocycles. The van der Waals surface area contributed by atoms with Crippen molar-refractivity contribution in [3.8, 4) is 0 Å². The lowest BCUT2D eigenvalue weighted by Gasteiger charge is -2.08. The minimum Gasteiger partial charge on any atom is -0.322 e. The van der Waals surface area contributed by atoms with Gasteiger partial charge in [-0.15, -0.1) is 0 Å². The summed E-state index contributed by atoms with van der Waals surface area (Å²) < 4.78 is 13.1. The standard InChI is InChI=1S/C16H12FN3O/c1-10-14(7-11-9-18-6-5-15(11)19-10)16(21)20-13-4-2-3-12(17)8-13/h2-9H,1H3,(H,20,21). The first-order chi connectivity index (χ1) is 10.1. The summed E-state index contributed by atoms with van der Waals surface area (Å²) in [7, 11) is 0. The van der Waals surface area contributed by atoms with Gasteiger partial charge in [-0.3, -0.25) is 14.8 Å². The maximum absolute atomic E-state index is 13.1. The third kappa shape index (κ3) is 2.72. The molecular weight excluding hydrogens is 269 g/mol. The SMILES string of the molecule is Cc1nc2ccncc2cc1C(=O)Nc1cccc(F)c1. The van der Waals surface area contributed by atoms with Gasteiger partial charge in [-0.2, -0.15) is 0 Å². The van der Waals surface area contributed by atoms with Crippen LogP contribution in [-0.2, 0) is 0 Å². The molecule has 0 aliphatic carbocycles. The molecule has 5 heteroatoms. The van der Waals surface area contributed by atoms with Crippen molar-refractivity contribution in [2.24, 2.45) is 0 Å². The molecule has 0 fully saturated rings. The Morgan fingerprint density at radius 1 is 1.24 bits per heavy atom. The Bertz CT molecular complexity index is 833. The molecule has 1 N–H and O–H groups in total. The summed E-state index contributed by atoms with van der Waals surface area (Å²) in [6, 6.07) is 9.29. The van der Waals surface area contributed by atoms with Crippen molar-refractivity contribution in [1.29, 1.82) is 0 Å². The van der Waals surface area contributed by atoms with E-state index in [1.165, 1.54) is 12.1 Å². The van der Waals surface area contributed by atoms with Gasteiger partial charge in [0, 0.05) is 23.5 Å². The summed E-state index contributed by atoms with van der Waals surface area (Å²) in [6.45, 7) is 1.76. The number of pyridine rings is 2. The van der Waals surface area contributed by atoms with Gasteiger partial charge in [-0.1, -0.05) is 6.07 Å². The van der Waals surface area contributed by atoms with Gasteiger partial charge in [0.05, 0.1) is 16.8 Å². The quantitative estimate of drug-likeness (QED) is 0.784. The van der Waals surface area contributed by atoms with E-state index in [-0.39, 0.29) is 5.91 Å². The van der Waals surface area contributed by atoms with Crippen LogP contribution in [0, 0.1) is 12.7 Å². The maximum atomic E-state index is 13.1. The topological polar surface area (TPSA) is 54.9 Å². The highest BCUT2D eigenvalue weighted by Gasteiger charge is 2.12. The monoisotopic (exact) mass is 281 g/mol. The second kappa shape index (κ2) is 5.28. The summed E-state index contributed by atoms with van der Waals surface area (Å²) in [5.41, 5.74) is 2.25. The lowest BCUT2D eigenvalue weighted by atomic mass is 10.1. The Labute approximate surface area is 120 Å². The van der Waals surface area contributed by atoms with Gasteiger partial charge in [0.15, 0.2) is 0 Å². The van der Waals surface area contributed by atoms with Gasteiger partial charge in [0.25, 0.3) is 5.91 Å². The fourth-order valence-corrected chi connectivity index (χ4v) is 2.11. The lowest BCUT2D eigenvalue weighted by Crippen LogP contribution is -2.14. The Balaban J connectivity index is 1.96. The summed E-state index contributed by atoms with van der Waals surface area (Å²) in [5, 5.41) is 3.45. The van der Waals surface area contributed by atoms with Crippen molar-refractivity contribution in [1.82, 2.24) is 9.97 Å². The first-order valence-electron chi connectivity index (χ1n) is 6.42. The van der Waals surface area contributed by atoms with Crippen LogP contribution < -0.4 is 5.32 Å². The number of aryl methyl sites for hydroxylation is 1. The van der Waals surface area contributed by atoms with Gasteiger partial charge >= 0.3 is 0 Å². The number of halogens is 1. The number of hydrogen-bond donors (Lipinski definition) is 1. The highest BCUT2D eigenvalue weighted by atomic mass is 19.1. The van der Waals surface area contributed by atoms with Crippen LogP contribution in [0.1, 0.15) is 16.1 Å². The normalized spacial score (nSPS) is 10.6. The van der Waals surface area contributed by atoms with Crippen molar-refractivity contribution in [3.05, 3.63) is 65.9 Å². The molecule has 3 rings (SSSR count). The van der Waals surface area contributed by atoms with Gasteiger partial charge in [-0.25, -0.2) is 4.39 Å². The van der Waals surface area contributed by atoms with E-state index < -0.39 is 5.82 Å². The lowest BCUT2D eigenvalue weighted by molar-refractivity contribution is 0.102. The van der Waals surface area contributed by atoms with Crippen molar-refractivity contribution < 1.29 is 9.18 Å². The number of aromatic nitrogens is 2. The van der Waals surface area contributed by atoms with E-state index in [0.29, 0.717) is 16.9 Å². The summed E-state index contributed by atoms with van der Waals surface area (Å²) in [5.74, 6) is -0.721. The fraction of sp³-hybridized carbons (Fsp3) is 0.0625. The Hall–Kier alpha value is -2.82. The minimum atomic E-state index is -0.398. The van der Waals surface area contributed by atoms with E-state index >= 15 is 0 Å². The molecule has 0 aliphatic heterocycles. The van der Waals surface area contributed by atoms with Gasteiger partial charge in [-0.05, 0) is 37.3 Å². The zero-order chi connectivity index (χ0) is 14.8. The van der Waals surface area contributed by atoms with Gasteiger partial charge in [0.1, 0.15) is 5.82 Å². The first kappa shape index (κ1) is 13.2. The van der Waals surface area contributed by atoms with E-state index in [0.717, 1.165) is 10.9 Å².